The van der Waals surface area contributed by atoms with Crippen LogP contribution in [0.4, 0.5) is 19.1 Å². The molecule has 0 aliphatic heterocycles. The van der Waals surface area contributed by atoms with Crippen LogP contribution in [-0.2, 0) is 23.2 Å². The van der Waals surface area contributed by atoms with Crippen LogP contribution >= 0.6 is 0 Å². The van der Waals surface area contributed by atoms with E-state index in [1.807, 2.05) is 24.0 Å². The molecule has 0 aliphatic carbocycles. The Morgan fingerprint density at radius 3 is 1.89 bits per heavy atom. The van der Waals surface area contributed by atoms with Crippen LogP contribution in [0.15, 0.2) is 60.9 Å². The number of anilines is 1. The van der Waals surface area contributed by atoms with Gasteiger partial charge in [-0.15, -0.1) is 13.2 Å². The van der Waals surface area contributed by atoms with Gasteiger partial charge >= 0.3 is 12.3 Å². The van der Waals surface area contributed by atoms with E-state index in [0.29, 0.717) is 24.8 Å². The number of halogens is 3. The van der Waals surface area contributed by atoms with Gasteiger partial charge in [0.05, 0.1) is 0 Å². The quantitative estimate of drug-likeness (QED) is 0.317. The van der Waals surface area contributed by atoms with E-state index in [4.69, 9.17) is 4.74 Å². The minimum atomic E-state index is -4.75. The first kappa shape index (κ1) is 28.7. The lowest BCUT2D eigenvalue weighted by Crippen LogP contribution is -2.38. The largest absolute Gasteiger partial charge is 0.573 e. The predicted molar refractivity (Wildman–Crippen MR) is 137 cm³/mol. The predicted octanol–water partition coefficient (Wildman–Crippen LogP) is 6.16. The summed E-state index contributed by atoms with van der Waals surface area (Å²) >= 11 is 0. The number of aliphatic carboxylic acids is 1. The Kier molecular flexibility index (Phi) is 8.54. The number of alkyl halides is 3. The van der Waals surface area contributed by atoms with Gasteiger partial charge in [0.15, 0.2) is 5.60 Å². The van der Waals surface area contributed by atoms with Crippen molar-refractivity contribution in [1.29, 1.82) is 0 Å². The van der Waals surface area contributed by atoms with Crippen molar-refractivity contribution in [2.75, 3.05) is 11.4 Å². The average molecular weight is 532 g/mol. The highest BCUT2D eigenvalue weighted by atomic mass is 19.4. The SMILES string of the molecule is CCc1cnc(N(Cc2ccc(OC(F)(F)F)cc2)CC(C)(C)c2ccc(OC(C)(C)C(=O)O)cc2)nc1. The van der Waals surface area contributed by atoms with Gasteiger partial charge in [0, 0.05) is 30.9 Å². The summed E-state index contributed by atoms with van der Waals surface area (Å²) in [5, 5.41) is 9.31. The molecule has 2 aromatic carbocycles. The molecule has 0 saturated carbocycles. The number of carboxylic acid groups (broad SMARTS) is 1. The Morgan fingerprint density at radius 2 is 1.39 bits per heavy atom. The van der Waals surface area contributed by atoms with E-state index < -0.39 is 23.3 Å². The fourth-order valence-electron chi connectivity index (χ4n) is 3.79. The molecule has 38 heavy (non-hydrogen) atoms. The molecule has 1 heterocycles. The highest BCUT2D eigenvalue weighted by molar-refractivity contribution is 5.76. The first-order chi connectivity index (χ1) is 17.7. The van der Waals surface area contributed by atoms with E-state index >= 15 is 0 Å². The van der Waals surface area contributed by atoms with Crippen LogP contribution in [0.1, 0.15) is 51.3 Å². The maximum atomic E-state index is 12.5. The van der Waals surface area contributed by atoms with Crippen molar-refractivity contribution in [2.24, 2.45) is 0 Å². The van der Waals surface area contributed by atoms with Gasteiger partial charge < -0.3 is 19.5 Å². The van der Waals surface area contributed by atoms with E-state index in [1.165, 1.54) is 26.0 Å². The summed E-state index contributed by atoms with van der Waals surface area (Å²) in [4.78, 5) is 22.4. The topological polar surface area (TPSA) is 84.8 Å². The number of benzene rings is 2. The monoisotopic (exact) mass is 531 g/mol. The standard InChI is InChI=1S/C28H32F3N3O4/c1-6-19-15-32-25(33-16-19)34(17-20-7-11-23(12-8-20)38-28(29,30)31)18-26(2,3)21-9-13-22(14-10-21)37-27(4,5)24(35)36/h7-16H,6,17-18H2,1-5H3,(H,35,36). The van der Waals surface area contributed by atoms with Crippen LogP contribution in [0.3, 0.4) is 0 Å². The van der Waals surface area contributed by atoms with Gasteiger partial charge in [0.1, 0.15) is 11.5 Å². The van der Waals surface area contributed by atoms with Gasteiger partial charge in [-0.1, -0.05) is 45.0 Å². The third-order valence-electron chi connectivity index (χ3n) is 6.02. The van der Waals surface area contributed by atoms with Crippen LogP contribution < -0.4 is 14.4 Å². The van der Waals surface area contributed by atoms with Gasteiger partial charge in [0.25, 0.3) is 0 Å². The molecule has 0 atom stereocenters. The lowest BCUT2D eigenvalue weighted by molar-refractivity contribution is -0.274. The minimum Gasteiger partial charge on any atom is -0.478 e. The summed E-state index contributed by atoms with van der Waals surface area (Å²) in [6.45, 7) is 9.92. The lowest BCUT2D eigenvalue weighted by Gasteiger charge is -2.33. The zero-order chi connectivity index (χ0) is 28.1. The summed E-state index contributed by atoms with van der Waals surface area (Å²) in [7, 11) is 0. The van der Waals surface area contributed by atoms with Crippen molar-refractivity contribution in [2.45, 2.75) is 65.0 Å². The van der Waals surface area contributed by atoms with Gasteiger partial charge in [-0.2, -0.15) is 0 Å². The van der Waals surface area contributed by atoms with Crippen LogP contribution in [0.25, 0.3) is 0 Å². The highest BCUT2D eigenvalue weighted by Gasteiger charge is 2.32. The minimum absolute atomic E-state index is 0.287. The van der Waals surface area contributed by atoms with E-state index in [0.717, 1.165) is 23.1 Å². The lowest BCUT2D eigenvalue weighted by atomic mass is 9.84. The van der Waals surface area contributed by atoms with Crippen LogP contribution in [0.5, 0.6) is 11.5 Å². The number of carbonyl (C=O) groups is 1. The molecule has 0 radical (unpaired) electrons. The second kappa shape index (κ2) is 11.3. The number of aryl methyl sites for hydroxylation is 1. The molecule has 0 aliphatic rings. The second-order valence-electron chi connectivity index (χ2n) is 10.1. The molecule has 0 unspecified atom stereocenters. The van der Waals surface area contributed by atoms with Gasteiger partial charge in [0.2, 0.25) is 5.95 Å². The summed E-state index contributed by atoms with van der Waals surface area (Å²) in [6, 6.07) is 13.0. The number of rotatable bonds is 11. The second-order valence-corrected chi connectivity index (χ2v) is 10.1. The van der Waals surface area contributed by atoms with Gasteiger partial charge in [-0.25, -0.2) is 14.8 Å². The molecule has 0 amide bonds. The molecule has 0 saturated heterocycles. The summed E-state index contributed by atoms with van der Waals surface area (Å²) in [6.07, 6.45) is -0.437. The van der Waals surface area contributed by atoms with E-state index in [9.17, 15) is 23.1 Å². The van der Waals surface area contributed by atoms with Gasteiger partial charge in [-0.3, -0.25) is 0 Å². The Labute approximate surface area is 220 Å². The molecule has 0 spiro atoms. The molecule has 0 fully saturated rings. The number of carboxylic acids is 1. The Hall–Kier alpha value is -3.82. The van der Waals surface area contributed by atoms with Crippen LogP contribution in [0, 0.1) is 0 Å². The Bertz CT molecular complexity index is 1210. The molecular weight excluding hydrogens is 499 g/mol. The van der Waals surface area contributed by atoms with Crippen molar-refractivity contribution in [3.05, 3.63) is 77.6 Å². The fraction of sp³-hybridized carbons (Fsp3) is 0.393. The summed E-state index contributed by atoms with van der Waals surface area (Å²) in [5.74, 6) is -0.419. The zero-order valence-corrected chi connectivity index (χ0v) is 22.0. The van der Waals surface area contributed by atoms with E-state index in [2.05, 4.69) is 28.6 Å². The normalized spacial score (nSPS) is 12.2. The number of hydrogen-bond donors (Lipinski definition) is 1. The van der Waals surface area contributed by atoms with E-state index in [-0.39, 0.29) is 5.75 Å². The van der Waals surface area contributed by atoms with Gasteiger partial charge in [-0.05, 0) is 61.2 Å². The molecule has 1 N–H and O–H groups in total. The van der Waals surface area contributed by atoms with Crippen molar-refractivity contribution >= 4 is 11.9 Å². The molecular formula is C28H32F3N3O4. The summed E-state index contributed by atoms with van der Waals surface area (Å²) in [5.41, 5.74) is 0.949. The molecule has 0 bridgehead atoms. The maximum absolute atomic E-state index is 12.5. The van der Waals surface area contributed by atoms with Crippen molar-refractivity contribution in [3.8, 4) is 11.5 Å². The summed E-state index contributed by atoms with van der Waals surface area (Å²) < 4.78 is 47.2. The third-order valence-corrected chi connectivity index (χ3v) is 6.02. The first-order valence-electron chi connectivity index (χ1n) is 12.1. The maximum Gasteiger partial charge on any atom is 0.573 e. The third kappa shape index (κ3) is 7.84. The highest BCUT2D eigenvalue weighted by Crippen LogP contribution is 2.30. The number of ether oxygens (including phenoxy) is 2. The molecule has 3 aromatic rings. The first-order valence-corrected chi connectivity index (χ1v) is 12.1. The molecule has 1 aromatic heterocycles. The van der Waals surface area contributed by atoms with Crippen molar-refractivity contribution in [1.82, 2.24) is 9.97 Å². The van der Waals surface area contributed by atoms with Crippen LogP contribution in [-0.4, -0.2) is 39.6 Å². The Morgan fingerprint density at radius 1 is 0.868 bits per heavy atom. The van der Waals surface area contributed by atoms with Crippen molar-refractivity contribution < 1.29 is 32.5 Å². The smallest absolute Gasteiger partial charge is 0.478 e. The average Bonchev–Trinajstić information content (AvgIpc) is 2.84. The molecule has 10 heteroatoms. The molecule has 204 valence electrons. The zero-order valence-electron chi connectivity index (χ0n) is 22.0. The van der Waals surface area contributed by atoms with Crippen LogP contribution in [0.2, 0.25) is 0 Å². The number of nitrogens with zero attached hydrogens (tertiary/aromatic N) is 3. The molecule has 7 nitrogen and oxygen atoms in total. The number of hydrogen-bond acceptors (Lipinski definition) is 6. The van der Waals surface area contributed by atoms with Crippen molar-refractivity contribution in [3.63, 3.8) is 0 Å². The number of aromatic nitrogens is 2. The fourth-order valence-corrected chi connectivity index (χ4v) is 3.79. The Balaban J connectivity index is 1.84. The molecule has 3 rings (SSSR count). The van der Waals surface area contributed by atoms with E-state index in [1.54, 1.807) is 36.7 Å².